The molecule has 7 nitrogen and oxygen atoms in total. The molecule has 0 aliphatic heterocycles. The first-order chi connectivity index (χ1) is 17.2. The van der Waals surface area contributed by atoms with E-state index in [4.69, 9.17) is 0 Å². The molecule has 0 radical (unpaired) electrons. The van der Waals surface area contributed by atoms with Crippen molar-refractivity contribution in [2.45, 2.75) is 12.7 Å². The standard InChI is InChI=1S/C26H20F3N5O2/c1-33-22-10-9-20(13-17(22)14-30-33)31-21-4-2-3-16-11-12-34(25(36)24(16)21)15-23(35)32-19-7-5-18(6-8-19)26(27,28)29/h2-14,31H,15H2,1H3,(H,32,35). The fourth-order valence-corrected chi connectivity index (χ4v) is 4.05. The number of nitrogens with one attached hydrogen (secondary N) is 2. The van der Waals surface area contributed by atoms with Crippen LogP contribution in [-0.4, -0.2) is 20.3 Å². The lowest BCUT2D eigenvalue weighted by Crippen LogP contribution is -2.27. The van der Waals surface area contributed by atoms with E-state index in [1.54, 1.807) is 29.1 Å². The Labute approximate surface area is 202 Å². The van der Waals surface area contributed by atoms with Crippen LogP contribution in [0.1, 0.15) is 5.56 Å². The number of carbonyl (C=O) groups excluding carboxylic acids is 1. The van der Waals surface area contributed by atoms with Gasteiger partial charge in [0.15, 0.2) is 0 Å². The van der Waals surface area contributed by atoms with E-state index >= 15 is 0 Å². The number of hydrogen-bond donors (Lipinski definition) is 2. The second kappa shape index (κ2) is 8.88. The van der Waals surface area contributed by atoms with Gasteiger partial charge in [-0.2, -0.15) is 18.3 Å². The summed E-state index contributed by atoms with van der Waals surface area (Å²) in [6.07, 6.45) is -1.19. The number of benzene rings is 3. The summed E-state index contributed by atoms with van der Waals surface area (Å²) in [4.78, 5) is 25.8. The third-order valence-electron chi connectivity index (χ3n) is 5.84. The zero-order valence-electron chi connectivity index (χ0n) is 19.0. The summed E-state index contributed by atoms with van der Waals surface area (Å²) in [5.41, 5.74) is 1.35. The van der Waals surface area contributed by atoms with Crippen molar-refractivity contribution in [3.8, 4) is 0 Å². The number of halogens is 3. The van der Waals surface area contributed by atoms with Crippen molar-refractivity contribution in [3.05, 3.63) is 95.0 Å². The van der Waals surface area contributed by atoms with Gasteiger partial charge in [-0.15, -0.1) is 0 Å². The van der Waals surface area contributed by atoms with Gasteiger partial charge < -0.3 is 15.2 Å². The Hall–Kier alpha value is -4.60. The number of rotatable bonds is 5. The maximum Gasteiger partial charge on any atom is 0.416 e. The van der Waals surface area contributed by atoms with E-state index in [2.05, 4.69) is 15.7 Å². The summed E-state index contributed by atoms with van der Waals surface area (Å²) < 4.78 is 41.3. The number of pyridine rings is 1. The number of aryl methyl sites for hydroxylation is 1. The molecule has 0 unspecified atom stereocenters. The second-order valence-corrected chi connectivity index (χ2v) is 8.31. The Balaban J connectivity index is 1.39. The Morgan fingerprint density at radius 1 is 0.972 bits per heavy atom. The fraction of sp³-hybridized carbons (Fsp3) is 0.115. The van der Waals surface area contributed by atoms with E-state index in [1.807, 2.05) is 31.3 Å². The number of amides is 1. The molecule has 182 valence electrons. The summed E-state index contributed by atoms with van der Waals surface area (Å²) in [5.74, 6) is -0.538. The monoisotopic (exact) mass is 491 g/mol. The molecule has 2 aromatic heterocycles. The lowest BCUT2D eigenvalue weighted by Gasteiger charge is -2.13. The van der Waals surface area contributed by atoms with Crippen LogP contribution in [0.3, 0.4) is 0 Å². The first-order valence-electron chi connectivity index (χ1n) is 11.0. The third kappa shape index (κ3) is 4.52. The maximum absolute atomic E-state index is 13.3. The molecule has 0 aliphatic rings. The van der Waals surface area contributed by atoms with Gasteiger partial charge in [0.05, 0.1) is 28.4 Å². The zero-order valence-corrected chi connectivity index (χ0v) is 19.0. The quantitative estimate of drug-likeness (QED) is 0.350. The van der Waals surface area contributed by atoms with Crippen LogP contribution < -0.4 is 16.2 Å². The summed E-state index contributed by atoms with van der Waals surface area (Å²) in [7, 11) is 1.86. The summed E-state index contributed by atoms with van der Waals surface area (Å²) >= 11 is 0. The molecular formula is C26H20F3N5O2. The molecule has 2 heterocycles. The normalized spacial score (nSPS) is 11.7. The molecule has 0 fully saturated rings. The van der Waals surface area contributed by atoms with Crippen molar-refractivity contribution in [2.75, 3.05) is 10.6 Å². The molecule has 0 atom stereocenters. The Morgan fingerprint density at radius 2 is 1.72 bits per heavy atom. The van der Waals surface area contributed by atoms with Gasteiger partial charge in [-0.1, -0.05) is 12.1 Å². The number of fused-ring (bicyclic) bond motifs is 2. The molecule has 10 heteroatoms. The molecule has 36 heavy (non-hydrogen) atoms. The lowest BCUT2D eigenvalue weighted by atomic mass is 10.1. The van der Waals surface area contributed by atoms with Crippen molar-refractivity contribution in [1.29, 1.82) is 0 Å². The van der Waals surface area contributed by atoms with E-state index < -0.39 is 17.6 Å². The molecule has 5 aromatic rings. The average Bonchev–Trinajstić information content (AvgIpc) is 3.20. The van der Waals surface area contributed by atoms with Crippen molar-refractivity contribution in [1.82, 2.24) is 14.3 Å². The first kappa shape index (κ1) is 23.2. The number of hydrogen-bond acceptors (Lipinski definition) is 4. The van der Waals surface area contributed by atoms with Crippen LogP contribution in [0, 0.1) is 0 Å². The first-order valence-corrected chi connectivity index (χ1v) is 11.0. The molecule has 1 amide bonds. The van der Waals surface area contributed by atoms with Crippen LogP contribution >= 0.6 is 0 Å². The summed E-state index contributed by atoms with van der Waals surface area (Å²) in [6.45, 7) is -0.300. The molecule has 0 saturated heterocycles. The predicted molar refractivity (Wildman–Crippen MR) is 132 cm³/mol. The number of anilines is 3. The molecule has 5 rings (SSSR count). The minimum Gasteiger partial charge on any atom is -0.355 e. The highest BCUT2D eigenvalue weighted by molar-refractivity contribution is 5.96. The topological polar surface area (TPSA) is 81.0 Å². The van der Waals surface area contributed by atoms with E-state index in [1.165, 1.54) is 22.9 Å². The highest BCUT2D eigenvalue weighted by atomic mass is 19.4. The van der Waals surface area contributed by atoms with E-state index in [-0.39, 0.29) is 17.8 Å². The minimum absolute atomic E-state index is 0.204. The van der Waals surface area contributed by atoms with Crippen LogP contribution in [0.4, 0.5) is 30.2 Å². The van der Waals surface area contributed by atoms with Gasteiger partial charge in [-0.05, 0) is 60.0 Å². The highest BCUT2D eigenvalue weighted by Gasteiger charge is 2.30. The Kier molecular flexibility index (Phi) is 5.71. The second-order valence-electron chi connectivity index (χ2n) is 8.31. The molecule has 3 aromatic carbocycles. The number of aromatic nitrogens is 3. The smallest absolute Gasteiger partial charge is 0.355 e. The fourth-order valence-electron chi connectivity index (χ4n) is 4.05. The van der Waals surface area contributed by atoms with Crippen molar-refractivity contribution in [2.24, 2.45) is 7.05 Å². The van der Waals surface area contributed by atoms with Gasteiger partial charge in [-0.3, -0.25) is 14.3 Å². The molecule has 0 bridgehead atoms. The SMILES string of the molecule is Cn1ncc2cc(Nc3cccc4ccn(CC(=O)Nc5ccc(C(F)(F)F)cc5)c(=O)c34)ccc21. The molecule has 0 saturated carbocycles. The van der Waals surface area contributed by atoms with Gasteiger partial charge in [0, 0.05) is 30.0 Å². The zero-order chi connectivity index (χ0) is 25.4. The Bertz CT molecular complexity index is 1650. The van der Waals surface area contributed by atoms with Crippen LogP contribution in [0.5, 0.6) is 0 Å². The van der Waals surface area contributed by atoms with Crippen LogP contribution in [0.2, 0.25) is 0 Å². The molecule has 0 spiro atoms. The minimum atomic E-state index is -4.46. The lowest BCUT2D eigenvalue weighted by molar-refractivity contribution is -0.137. The van der Waals surface area contributed by atoms with Crippen molar-refractivity contribution < 1.29 is 18.0 Å². The molecular weight excluding hydrogens is 471 g/mol. The van der Waals surface area contributed by atoms with Crippen molar-refractivity contribution >= 4 is 44.6 Å². The van der Waals surface area contributed by atoms with E-state index in [0.717, 1.165) is 28.7 Å². The highest BCUT2D eigenvalue weighted by Crippen LogP contribution is 2.30. The summed E-state index contributed by atoms with van der Waals surface area (Å²) in [5, 5.41) is 12.1. The Morgan fingerprint density at radius 3 is 2.47 bits per heavy atom. The molecule has 0 aliphatic carbocycles. The van der Waals surface area contributed by atoms with Gasteiger partial charge in [-0.25, -0.2) is 0 Å². The van der Waals surface area contributed by atoms with Gasteiger partial charge in [0.1, 0.15) is 6.54 Å². The number of alkyl halides is 3. The largest absolute Gasteiger partial charge is 0.416 e. The molecule has 2 N–H and O–H groups in total. The van der Waals surface area contributed by atoms with Gasteiger partial charge >= 0.3 is 6.18 Å². The van der Waals surface area contributed by atoms with Gasteiger partial charge in [0.25, 0.3) is 5.56 Å². The van der Waals surface area contributed by atoms with E-state index in [9.17, 15) is 22.8 Å². The summed E-state index contributed by atoms with van der Waals surface area (Å²) in [6, 6.07) is 17.0. The van der Waals surface area contributed by atoms with Crippen LogP contribution in [0.25, 0.3) is 21.7 Å². The van der Waals surface area contributed by atoms with Gasteiger partial charge in [0.2, 0.25) is 5.91 Å². The predicted octanol–water partition coefficient (Wildman–Crippen LogP) is 5.29. The van der Waals surface area contributed by atoms with Crippen LogP contribution in [0.15, 0.2) is 83.9 Å². The third-order valence-corrected chi connectivity index (χ3v) is 5.84. The number of nitrogens with zero attached hydrogens (tertiary/aromatic N) is 3. The van der Waals surface area contributed by atoms with E-state index in [0.29, 0.717) is 16.5 Å². The number of carbonyl (C=O) groups is 1. The maximum atomic E-state index is 13.3. The van der Waals surface area contributed by atoms with Crippen molar-refractivity contribution in [3.63, 3.8) is 0 Å². The average molecular weight is 491 g/mol. The van der Waals surface area contributed by atoms with Crippen LogP contribution in [-0.2, 0) is 24.6 Å².